The van der Waals surface area contributed by atoms with Gasteiger partial charge in [-0.05, 0) is 72.8 Å². The molecule has 1 aromatic carbocycles. The molecule has 1 saturated carbocycles. The maximum absolute atomic E-state index is 15.4. The van der Waals surface area contributed by atoms with Crippen molar-refractivity contribution < 1.29 is 18.7 Å². The molecule has 1 saturated heterocycles. The fraction of sp³-hybridized carbons (Fsp3) is 0.414. The van der Waals surface area contributed by atoms with Crippen molar-refractivity contribution in [2.75, 3.05) is 24.5 Å². The first-order chi connectivity index (χ1) is 18.9. The number of allylic oxidation sites excluding steroid dienone is 1. The summed E-state index contributed by atoms with van der Waals surface area (Å²) in [6.07, 6.45) is 5.92. The van der Waals surface area contributed by atoms with Crippen LogP contribution in [-0.4, -0.2) is 58.2 Å². The first-order valence-corrected chi connectivity index (χ1v) is 14.5. The number of anilines is 1. The number of carbonyl (C=O) groups excluding carboxylic acids is 2. The fourth-order valence-corrected chi connectivity index (χ4v) is 7.13. The van der Waals surface area contributed by atoms with Crippen LogP contribution in [0.2, 0.25) is 0 Å². The molecule has 0 unspecified atom stereocenters. The Hall–Kier alpha value is -3.66. The fourth-order valence-electron chi connectivity index (χ4n) is 6.16. The molecule has 0 bridgehead atoms. The highest BCUT2D eigenvalue weighted by molar-refractivity contribution is 7.10. The zero-order valence-corrected chi connectivity index (χ0v) is 22.6. The number of halogens is 1. The van der Waals surface area contributed by atoms with E-state index in [1.54, 1.807) is 23.5 Å². The maximum atomic E-state index is 15.4. The summed E-state index contributed by atoms with van der Waals surface area (Å²) in [7, 11) is 0. The van der Waals surface area contributed by atoms with E-state index in [1.807, 2.05) is 20.6 Å². The molecule has 2 aromatic rings. The number of amides is 2. The average molecular weight is 546 g/mol. The summed E-state index contributed by atoms with van der Waals surface area (Å²) in [6.45, 7) is 3.94. The number of thiophene rings is 1. The minimum Gasteiger partial charge on any atom is -0.371 e. The Morgan fingerprint density at radius 3 is 2.77 bits per heavy atom. The number of rotatable bonds is 5. The van der Waals surface area contributed by atoms with E-state index < -0.39 is 0 Å². The second-order valence-corrected chi connectivity index (χ2v) is 12.0. The van der Waals surface area contributed by atoms with E-state index in [0.717, 1.165) is 30.7 Å². The predicted molar refractivity (Wildman–Crippen MR) is 149 cm³/mol. The highest BCUT2D eigenvalue weighted by Crippen LogP contribution is 2.37. The molecule has 5 aliphatic rings. The van der Waals surface area contributed by atoms with Gasteiger partial charge in [-0.3, -0.25) is 9.59 Å². The lowest BCUT2D eigenvalue weighted by Crippen LogP contribution is -2.44. The molecule has 7 rings (SSSR count). The molecule has 2 atom stereocenters. The van der Waals surface area contributed by atoms with E-state index in [-0.39, 0.29) is 29.6 Å². The number of nitrogens with zero attached hydrogens (tertiary/aromatic N) is 5. The third kappa shape index (κ3) is 4.21. The SMILES string of the molecule is C[C@@H]1c2ccsc2CCN1C(=O)C1=NC2=CC(c3ccc(N4CC[C@H](C(N)=O)C4)cc3F)=N[N+]2=C(C2CC2)C1. The van der Waals surface area contributed by atoms with Gasteiger partial charge in [0.25, 0.3) is 5.91 Å². The Bertz CT molecular complexity index is 1530. The topological polar surface area (TPSA) is 94.4 Å². The normalized spacial score (nSPS) is 24.3. The Morgan fingerprint density at radius 2 is 2.03 bits per heavy atom. The van der Waals surface area contributed by atoms with Gasteiger partial charge in [0, 0.05) is 41.7 Å². The number of benzene rings is 1. The third-order valence-corrected chi connectivity index (χ3v) is 9.58. The first-order valence-electron chi connectivity index (χ1n) is 13.6. The molecule has 0 spiro atoms. The van der Waals surface area contributed by atoms with Gasteiger partial charge in [0.1, 0.15) is 17.2 Å². The van der Waals surface area contributed by atoms with Crippen molar-refractivity contribution >= 4 is 46.0 Å². The third-order valence-electron chi connectivity index (χ3n) is 8.58. The summed E-state index contributed by atoms with van der Waals surface area (Å²) in [6, 6.07) is 7.23. The van der Waals surface area contributed by atoms with Crippen LogP contribution in [0.4, 0.5) is 10.1 Å². The summed E-state index contributed by atoms with van der Waals surface area (Å²) in [4.78, 5) is 35.3. The molecule has 1 aromatic heterocycles. The van der Waals surface area contributed by atoms with E-state index in [2.05, 4.69) is 18.4 Å². The Kier molecular flexibility index (Phi) is 5.77. The summed E-state index contributed by atoms with van der Waals surface area (Å²) in [5, 5.41) is 6.86. The summed E-state index contributed by atoms with van der Waals surface area (Å²) in [5.74, 6) is 0.0194. The standard InChI is InChI=1S/C29H29FN6O2S/c1-16-20-8-11-39-26(20)7-10-35(16)29(38)24-13-25(17-2-3-17)36-27(32-24)14-23(33-36)21-5-4-19(12-22(21)30)34-9-6-18(15-34)28(31)37/h4-5,8,11-12,14,16-18H,2-3,6-7,9-10,13,15H2,1H3,(H-,31,37)/p+1/t16-,18+/m1/s1. The van der Waals surface area contributed by atoms with Crippen LogP contribution in [0.3, 0.4) is 0 Å². The summed E-state index contributed by atoms with van der Waals surface area (Å²) < 4.78 is 17.2. The van der Waals surface area contributed by atoms with Crippen molar-refractivity contribution in [3.05, 3.63) is 63.4 Å². The Morgan fingerprint density at radius 1 is 1.18 bits per heavy atom. The minimum absolute atomic E-state index is 0.0171. The van der Waals surface area contributed by atoms with Crippen LogP contribution in [0, 0.1) is 17.7 Å². The molecule has 5 heterocycles. The van der Waals surface area contributed by atoms with Crippen LogP contribution in [-0.2, 0) is 16.0 Å². The van der Waals surface area contributed by atoms with Crippen molar-refractivity contribution in [1.82, 2.24) is 4.90 Å². The Labute approximate surface area is 230 Å². The number of hydrogen-bond donors (Lipinski definition) is 1. The lowest BCUT2D eigenvalue weighted by molar-refractivity contribution is -0.482. The highest BCUT2D eigenvalue weighted by atomic mass is 32.1. The molecule has 1 aliphatic carbocycles. The lowest BCUT2D eigenvalue weighted by atomic mass is 9.99. The molecular formula is C29H30FN6O2S+. The van der Waals surface area contributed by atoms with Gasteiger partial charge in [-0.2, -0.15) is 0 Å². The van der Waals surface area contributed by atoms with Crippen LogP contribution >= 0.6 is 11.3 Å². The second kappa shape index (κ2) is 9.22. The maximum Gasteiger partial charge on any atom is 0.350 e. The minimum atomic E-state index is -0.382. The molecular weight excluding hydrogens is 515 g/mol. The largest absolute Gasteiger partial charge is 0.371 e. The van der Waals surface area contributed by atoms with Crippen molar-refractivity contribution in [2.24, 2.45) is 27.7 Å². The molecule has 200 valence electrons. The van der Waals surface area contributed by atoms with E-state index in [0.29, 0.717) is 61.2 Å². The molecule has 2 N–H and O–H groups in total. The molecule has 10 heteroatoms. The van der Waals surface area contributed by atoms with Crippen molar-refractivity contribution in [3.63, 3.8) is 0 Å². The lowest BCUT2D eigenvalue weighted by Gasteiger charge is -2.33. The quantitative estimate of drug-likeness (QED) is 0.582. The zero-order chi connectivity index (χ0) is 26.8. The summed E-state index contributed by atoms with van der Waals surface area (Å²) >= 11 is 1.76. The number of hydrazone groups is 1. The first kappa shape index (κ1) is 24.4. The van der Waals surface area contributed by atoms with Crippen molar-refractivity contribution in [3.8, 4) is 0 Å². The molecule has 2 fully saturated rings. The van der Waals surface area contributed by atoms with Crippen LogP contribution in [0.25, 0.3) is 0 Å². The second-order valence-electron chi connectivity index (χ2n) is 11.0. The van der Waals surface area contributed by atoms with Crippen LogP contribution in [0.5, 0.6) is 0 Å². The van der Waals surface area contributed by atoms with Crippen molar-refractivity contribution in [1.29, 1.82) is 0 Å². The van der Waals surface area contributed by atoms with Gasteiger partial charge in [-0.1, -0.05) is 5.10 Å². The monoisotopic (exact) mass is 545 g/mol. The van der Waals surface area contributed by atoms with Gasteiger partial charge in [0.15, 0.2) is 0 Å². The number of primary amides is 1. The van der Waals surface area contributed by atoms with E-state index in [4.69, 9.17) is 15.8 Å². The zero-order valence-electron chi connectivity index (χ0n) is 21.8. The predicted octanol–water partition coefficient (Wildman–Crippen LogP) is 3.61. The molecule has 4 aliphatic heterocycles. The number of carbonyl (C=O) groups is 2. The van der Waals surface area contributed by atoms with Gasteiger partial charge < -0.3 is 15.5 Å². The van der Waals surface area contributed by atoms with Gasteiger partial charge in [0.2, 0.25) is 11.6 Å². The van der Waals surface area contributed by atoms with Gasteiger partial charge in [-0.15, -0.1) is 16.0 Å². The number of fused-ring (bicyclic) bond motifs is 2. The molecule has 8 nitrogen and oxygen atoms in total. The Balaban J connectivity index is 1.16. The smallest absolute Gasteiger partial charge is 0.350 e. The van der Waals surface area contributed by atoms with Gasteiger partial charge in [-0.25, -0.2) is 4.39 Å². The van der Waals surface area contributed by atoms with Crippen LogP contribution < -0.4 is 10.6 Å². The van der Waals surface area contributed by atoms with Gasteiger partial charge >= 0.3 is 5.82 Å². The number of hydrogen-bond acceptors (Lipinski definition) is 6. The molecule has 2 amide bonds. The van der Waals surface area contributed by atoms with E-state index in [1.165, 1.54) is 16.5 Å². The van der Waals surface area contributed by atoms with Crippen molar-refractivity contribution in [2.45, 2.75) is 45.1 Å². The molecule has 39 heavy (non-hydrogen) atoms. The number of aliphatic imine (C=N–C) groups is 1. The van der Waals surface area contributed by atoms with E-state index in [9.17, 15) is 9.59 Å². The summed E-state index contributed by atoms with van der Waals surface area (Å²) in [5.41, 5.74) is 9.91. The average Bonchev–Trinajstić information content (AvgIpc) is 3.31. The van der Waals surface area contributed by atoms with Crippen LogP contribution in [0.1, 0.15) is 54.7 Å². The van der Waals surface area contributed by atoms with Crippen LogP contribution in [0.15, 0.2) is 51.6 Å². The van der Waals surface area contributed by atoms with E-state index >= 15 is 4.39 Å². The van der Waals surface area contributed by atoms with Gasteiger partial charge in [0.05, 0.1) is 24.5 Å². The highest BCUT2D eigenvalue weighted by Gasteiger charge is 2.44. The molecule has 0 radical (unpaired) electrons. The number of nitrogens with two attached hydrogens (primary N) is 1.